The van der Waals surface area contributed by atoms with Crippen LogP contribution in [0.25, 0.3) is 0 Å². The fraction of sp³-hybridized carbons (Fsp3) is 0.750. The van der Waals surface area contributed by atoms with Gasteiger partial charge in [-0.15, -0.1) is 0 Å². The van der Waals surface area contributed by atoms with Crippen LogP contribution < -0.4 is 5.32 Å². The Morgan fingerprint density at radius 1 is 1.38 bits per heavy atom. The van der Waals surface area contributed by atoms with Crippen molar-refractivity contribution in [3.63, 3.8) is 0 Å². The van der Waals surface area contributed by atoms with Crippen LogP contribution in [0.15, 0.2) is 12.5 Å². The van der Waals surface area contributed by atoms with E-state index in [-0.39, 0.29) is 0 Å². The molecule has 0 unspecified atom stereocenters. The molecular weight excluding hydrogens is 202 g/mol. The van der Waals surface area contributed by atoms with E-state index in [0.29, 0.717) is 0 Å². The molecule has 1 heterocycles. The van der Waals surface area contributed by atoms with Gasteiger partial charge in [-0.1, -0.05) is 13.3 Å². The van der Waals surface area contributed by atoms with Crippen LogP contribution >= 0.6 is 0 Å². The molecule has 16 heavy (non-hydrogen) atoms. The average molecular weight is 225 g/mol. The molecule has 92 valence electrons. The highest BCUT2D eigenvalue weighted by atomic mass is 16.5. The van der Waals surface area contributed by atoms with E-state index in [4.69, 9.17) is 4.74 Å². The van der Waals surface area contributed by atoms with Crippen LogP contribution in [-0.2, 0) is 17.8 Å². The zero-order valence-electron chi connectivity index (χ0n) is 10.4. The number of unbranched alkanes of at least 4 members (excludes halogenated alkanes) is 1. The number of hydrogen-bond acceptors (Lipinski definition) is 3. The Balaban J connectivity index is 2.13. The Labute approximate surface area is 98.0 Å². The Bertz CT molecular complexity index is 273. The molecule has 0 aliphatic carbocycles. The summed E-state index contributed by atoms with van der Waals surface area (Å²) < 4.78 is 7.70. The number of rotatable bonds is 9. The highest BCUT2D eigenvalue weighted by Crippen LogP contribution is 2.00. The van der Waals surface area contributed by atoms with E-state index in [1.54, 1.807) is 0 Å². The third-order valence-electron chi connectivity index (χ3n) is 2.49. The summed E-state index contributed by atoms with van der Waals surface area (Å²) in [5.41, 5.74) is 1.23. The third kappa shape index (κ3) is 4.77. The van der Waals surface area contributed by atoms with E-state index in [0.717, 1.165) is 39.1 Å². The third-order valence-corrected chi connectivity index (χ3v) is 2.49. The first-order valence-electron chi connectivity index (χ1n) is 6.09. The summed E-state index contributed by atoms with van der Waals surface area (Å²) in [4.78, 5) is 4.15. The maximum atomic E-state index is 5.52. The molecule has 0 saturated heterocycles. The molecule has 0 atom stereocenters. The summed E-state index contributed by atoms with van der Waals surface area (Å²) in [7, 11) is 1.95. The number of nitrogens with one attached hydrogen (secondary N) is 1. The zero-order valence-corrected chi connectivity index (χ0v) is 10.4. The molecule has 0 aromatic carbocycles. The summed E-state index contributed by atoms with van der Waals surface area (Å²) in [5, 5.41) is 3.14. The van der Waals surface area contributed by atoms with Gasteiger partial charge in [-0.3, -0.25) is 0 Å². The quantitative estimate of drug-likeness (QED) is 0.651. The molecule has 4 nitrogen and oxygen atoms in total. The molecule has 1 aromatic rings. The van der Waals surface area contributed by atoms with Gasteiger partial charge in [-0.25, -0.2) is 4.98 Å². The van der Waals surface area contributed by atoms with Gasteiger partial charge < -0.3 is 14.6 Å². The van der Waals surface area contributed by atoms with Crippen molar-refractivity contribution in [1.29, 1.82) is 0 Å². The van der Waals surface area contributed by atoms with Crippen LogP contribution in [0.5, 0.6) is 0 Å². The Hall–Kier alpha value is -0.870. The normalized spacial score (nSPS) is 10.9. The molecule has 0 fully saturated rings. The van der Waals surface area contributed by atoms with Crippen molar-refractivity contribution < 1.29 is 4.74 Å². The van der Waals surface area contributed by atoms with E-state index < -0.39 is 0 Å². The van der Waals surface area contributed by atoms with Crippen LogP contribution in [0.2, 0.25) is 0 Å². The van der Waals surface area contributed by atoms with Gasteiger partial charge in [0.15, 0.2) is 0 Å². The highest BCUT2D eigenvalue weighted by Gasteiger charge is 1.99. The van der Waals surface area contributed by atoms with E-state index in [1.165, 1.54) is 12.1 Å². The fourth-order valence-corrected chi connectivity index (χ4v) is 1.56. The van der Waals surface area contributed by atoms with Gasteiger partial charge in [0.2, 0.25) is 0 Å². The van der Waals surface area contributed by atoms with Gasteiger partial charge in [0, 0.05) is 32.5 Å². The van der Waals surface area contributed by atoms with Gasteiger partial charge in [-0.05, 0) is 19.9 Å². The van der Waals surface area contributed by atoms with Crippen molar-refractivity contribution in [3.8, 4) is 0 Å². The molecule has 0 radical (unpaired) electrons. The van der Waals surface area contributed by atoms with Crippen LogP contribution in [-0.4, -0.2) is 29.8 Å². The number of imidazole rings is 1. The predicted molar refractivity (Wildman–Crippen MR) is 65.3 cm³/mol. The van der Waals surface area contributed by atoms with Crippen molar-refractivity contribution in [2.75, 3.05) is 20.3 Å². The first kappa shape index (κ1) is 13.2. The Morgan fingerprint density at radius 2 is 2.19 bits per heavy atom. The SMILES string of the molecule is CCCCOCCCn1cncc1CNC. The molecule has 1 rings (SSSR count). The molecular formula is C12H23N3O. The fourth-order valence-electron chi connectivity index (χ4n) is 1.56. The molecule has 0 amide bonds. The van der Waals surface area contributed by atoms with E-state index in [1.807, 2.05) is 19.6 Å². The monoisotopic (exact) mass is 225 g/mol. The molecule has 0 saturated carbocycles. The van der Waals surface area contributed by atoms with Gasteiger partial charge in [0.1, 0.15) is 0 Å². The predicted octanol–water partition coefficient (Wildman–Crippen LogP) is 1.81. The lowest BCUT2D eigenvalue weighted by molar-refractivity contribution is 0.126. The van der Waals surface area contributed by atoms with Crippen LogP contribution in [0.3, 0.4) is 0 Å². The minimum absolute atomic E-state index is 0.844. The van der Waals surface area contributed by atoms with Gasteiger partial charge in [0.05, 0.1) is 12.0 Å². The van der Waals surface area contributed by atoms with Gasteiger partial charge >= 0.3 is 0 Å². The largest absolute Gasteiger partial charge is 0.381 e. The van der Waals surface area contributed by atoms with Crippen molar-refractivity contribution in [1.82, 2.24) is 14.9 Å². The summed E-state index contributed by atoms with van der Waals surface area (Å²) in [6.07, 6.45) is 7.22. The van der Waals surface area contributed by atoms with Gasteiger partial charge in [0.25, 0.3) is 0 Å². The molecule has 0 aliphatic rings. The van der Waals surface area contributed by atoms with E-state index in [9.17, 15) is 0 Å². The summed E-state index contributed by atoms with van der Waals surface area (Å²) in [6.45, 7) is 5.78. The Morgan fingerprint density at radius 3 is 2.94 bits per heavy atom. The maximum absolute atomic E-state index is 5.52. The topological polar surface area (TPSA) is 39.1 Å². The summed E-state index contributed by atoms with van der Waals surface area (Å²) >= 11 is 0. The molecule has 0 bridgehead atoms. The lowest BCUT2D eigenvalue weighted by Gasteiger charge is -2.08. The van der Waals surface area contributed by atoms with E-state index in [2.05, 4.69) is 21.8 Å². The van der Waals surface area contributed by atoms with Crippen LogP contribution in [0.1, 0.15) is 31.9 Å². The van der Waals surface area contributed by atoms with Crippen molar-refractivity contribution in [2.24, 2.45) is 0 Å². The molecule has 0 aliphatic heterocycles. The number of nitrogens with zero attached hydrogens (tertiary/aromatic N) is 2. The van der Waals surface area contributed by atoms with Crippen molar-refractivity contribution in [3.05, 3.63) is 18.2 Å². The average Bonchev–Trinajstić information content (AvgIpc) is 2.72. The second-order valence-corrected chi connectivity index (χ2v) is 3.93. The first-order valence-corrected chi connectivity index (χ1v) is 6.09. The first-order chi connectivity index (χ1) is 7.88. The highest BCUT2D eigenvalue weighted by molar-refractivity contribution is 4.97. The van der Waals surface area contributed by atoms with Crippen LogP contribution in [0, 0.1) is 0 Å². The summed E-state index contributed by atoms with van der Waals surface area (Å²) in [6, 6.07) is 0. The van der Waals surface area contributed by atoms with Crippen LogP contribution in [0.4, 0.5) is 0 Å². The minimum atomic E-state index is 0.844. The van der Waals surface area contributed by atoms with Crippen molar-refractivity contribution in [2.45, 2.75) is 39.3 Å². The maximum Gasteiger partial charge on any atom is 0.0948 e. The lowest BCUT2D eigenvalue weighted by Crippen LogP contribution is -2.11. The van der Waals surface area contributed by atoms with Gasteiger partial charge in [-0.2, -0.15) is 0 Å². The molecule has 0 spiro atoms. The van der Waals surface area contributed by atoms with Crippen molar-refractivity contribution >= 4 is 0 Å². The molecule has 4 heteroatoms. The standard InChI is InChI=1S/C12H23N3O/c1-3-4-7-16-8-5-6-15-11-14-10-12(15)9-13-2/h10-11,13H,3-9H2,1-2H3. The molecule has 1 N–H and O–H groups in total. The van der Waals surface area contributed by atoms with E-state index >= 15 is 0 Å². The lowest BCUT2D eigenvalue weighted by atomic mass is 10.3. The minimum Gasteiger partial charge on any atom is -0.381 e. The number of aromatic nitrogens is 2. The molecule has 1 aromatic heterocycles. The number of ether oxygens (including phenoxy) is 1. The zero-order chi connectivity index (χ0) is 11.6. The second kappa shape index (κ2) is 8.30. The number of hydrogen-bond donors (Lipinski definition) is 1. The smallest absolute Gasteiger partial charge is 0.0948 e. The number of aryl methyl sites for hydroxylation is 1. The summed E-state index contributed by atoms with van der Waals surface area (Å²) in [5.74, 6) is 0. The second-order valence-electron chi connectivity index (χ2n) is 3.93. The Kier molecular flexibility index (Phi) is 6.85.